The first kappa shape index (κ1) is 20.2. The van der Waals surface area contributed by atoms with Crippen LogP contribution in [0.25, 0.3) is 11.4 Å². The zero-order valence-electron chi connectivity index (χ0n) is 15.3. The van der Waals surface area contributed by atoms with E-state index in [1.54, 1.807) is 36.8 Å². The average molecular weight is 414 g/mol. The summed E-state index contributed by atoms with van der Waals surface area (Å²) in [6.07, 6.45) is 6.03. The Morgan fingerprint density at radius 2 is 1.79 bits per heavy atom. The van der Waals surface area contributed by atoms with Crippen LogP contribution >= 0.6 is 12.4 Å². The summed E-state index contributed by atoms with van der Waals surface area (Å²) in [5.41, 5.74) is 1.64. The van der Waals surface area contributed by atoms with Crippen molar-refractivity contribution in [1.29, 1.82) is 0 Å². The molecule has 0 saturated carbocycles. The van der Waals surface area contributed by atoms with Crippen LogP contribution in [0.15, 0.2) is 65.9 Å². The summed E-state index contributed by atoms with van der Waals surface area (Å²) < 4.78 is 18.0. The maximum Gasteiger partial charge on any atom is 0.214 e. The predicted molar refractivity (Wildman–Crippen MR) is 109 cm³/mol. The molecule has 0 radical (unpaired) electrons. The molecule has 3 aromatic heterocycles. The van der Waals surface area contributed by atoms with E-state index in [9.17, 15) is 4.39 Å². The largest absolute Gasteiger partial charge is 0.363 e. The Hall–Kier alpha value is -3.59. The van der Waals surface area contributed by atoms with Gasteiger partial charge in [0.1, 0.15) is 23.3 Å². The summed E-state index contributed by atoms with van der Waals surface area (Å²) in [5.74, 6) is 1.84. The molecule has 0 saturated heterocycles. The minimum absolute atomic E-state index is 0. The van der Waals surface area contributed by atoms with Crippen LogP contribution in [0, 0.1) is 5.82 Å². The third-order valence-corrected chi connectivity index (χ3v) is 4.00. The van der Waals surface area contributed by atoms with Crippen LogP contribution in [0.3, 0.4) is 0 Å². The number of anilines is 3. The maximum atomic E-state index is 13.2. The molecule has 10 heteroatoms. The first-order chi connectivity index (χ1) is 13.7. The lowest BCUT2D eigenvalue weighted by molar-refractivity contribution is 0.419. The van der Waals surface area contributed by atoms with Gasteiger partial charge in [0.25, 0.3) is 0 Å². The van der Waals surface area contributed by atoms with E-state index in [4.69, 9.17) is 4.52 Å². The number of aromatic nitrogens is 5. The Kier molecular flexibility index (Phi) is 6.30. The van der Waals surface area contributed by atoms with Crippen LogP contribution in [-0.2, 0) is 0 Å². The van der Waals surface area contributed by atoms with E-state index in [0.717, 1.165) is 5.56 Å². The smallest absolute Gasteiger partial charge is 0.214 e. The number of halogens is 2. The number of nitrogens with zero attached hydrogens (tertiary/aromatic N) is 5. The number of hydrogen-bond acceptors (Lipinski definition) is 8. The molecule has 4 rings (SSSR count). The lowest BCUT2D eigenvalue weighted by Gasteiger charge is -2.16. The van der Waals surface area contributed by atoms with Crippen molar-refractivity contribution in [1.82, 2.24) is 25.1 Å². The Morgan fingerprint density at radius 1 is 1.00 bits per heavy atom. The van der Waals surface area contributed by atoms with Gasteiger partial charge in [0, 0.05) is 24.0 Å². The summed E-state index contributed by atoms with van der Waals surface area (Å²) >= 11 is 0. The first-order valence-corrected chi connectivity index (χ1v) is 8.51. The van der Waals surface area contributed by atoms with Gasteiger partial charge in [-0.2, -0.15) is 4.98 Å². The number of benzene rings is 1. The Bertz CT molecular complexity index is 1050. The Morgan fingerprint density at radius 3 is 2.48 bits per heavy atom. The zero-order chi connectivity index (χ0) is 19.3. The number of hydrogen-bond donors (Lipinski definition) is 2. The fraction of sp³-hybridized carbons (Fsp3) is 0.105. The van der Waals surface area contributed by atoms with Crippen molar-refractivity contribution in [3.05, 3.63) is 72.8 Å². The number of rotatable bonds is 6. The van der Waals surface area contributed by atoms with Crippen LogP contribution in [0.5, 0.6) is 0 Å². The van der Waals surface area contributed by atoms with Crippen LogP contribution in [-0.4, -0.2) is 25.1 Å². The SMILES string of the molecule is CC(Nc1cc(-c2ncon2)cc(Nc2cnccn2)n1)c1ccc(F)cc1.Cl. The summed E-state index contributed by atoms with van der Waals surface area (Å²) in [4.78, 5) is 16.9. The summed E-state index contributed by atoms with van der Waals surface area (Å²) in [6.45, 7) is 1.96. The third-order valence-electron chi connectivity index (χ3n) is 4.00. The van der Waals surface area contributed by atoms with Crippen molar-refractivity contribution in [3.63, 3.8) is 0 Å². The van der Waals surface area contributed by atoms with E-state index in [-0.39, 0.29) is 24.3 Å². The van der Waals surface area contributed by atoms with Crippen LogP contribution < -0.4 is 10.6 Å². The first-order valence-electron chi connectivity index (χ1n) is 8.51. The second-order valence-corrected chi connectivity index (χ2v) is 6.01. The minimum atomic E-state index is -0.274. The molecule has 0 spiro atoms. The van der Waals surface area contributed by atoms with Gasteiger partial charge in [-0.15, -0.1) is 12.4 Å². The van der Waals surface area contributed by atoms with E-state index in [0.29, 0.717) is 28.8 Å². The van der Waals surface area contributed by atoms with Crippen LogP contribution in [0.2, 0.25) is 0 Å². The summed E-state index contributed by atoms with van der Waals surface area (Å²) in [6, 6.07) is 9.82. The second-order valence-electron chi connectivity index (χ2n) is 6.01. The maximum absolute atomic E-state index is 13.2. The molecule has 4 aromatic rings. The molecule has 8 nitrogen and oxygen atoms in total. The highest BCUT2D eigenvalue weighted by Crippen LogP contribution is 2.26. The lowest BCUT2D eigenvalue weighted by atomic mass is 10.1. The van der Waals surface area contributed by atoms with Crippen molar-refractivity contribution in [2.75, 3.05) is 10.6 Å². The molecule has 1 aromatic carbocycles. The van der Waals surface area contributed by atoms with Gasteiger partial charge in [-0.3, -0.25) is 4.98 Å². The third kappa shape index (κ3) is 5.02. The highest BCUT2D eigenvalue weighted by atomic mass is 35.5. The molecule has 0 aliphatic heterocycles. The number of pyridine rings is 1. The van der Waals surface area contributed by atoms with Gasteiger partial charge >= 0.3 is 0 Å². The van der Waals surface area contributed by atoms with Crippen molar-refractivity contribution in [2.24, 2.45) is 0 Å². The van der Waals surface area contributed by atoms with Gasteiger partial charge in [0.15, 0.2) is 0 Å². The lowest BCUT2D eigenvalue weighted by Crippen LogP contribution is -2.09. The summed E-state index contributed by atoms with van der Waals surface area (Å²) in [7, 11) is 0. The normalized spacial score (nSPS) is 11.4. The standard InChI is InChI=1S/C19H16FN7O.ClH/c1-12(13-2-4-15(20)5-3-13)24-16-8-14(19-23-11-28-27-19)9-17(25-16)26-18-10-21-6-7-22-18;/h2-12H,1H3,(H2,22,24,25,26);1H. The Balaban J connectivity index is 0.00000240. The van der Waals surface area contributed by atoms with Crippen LogP contribution in [0.4, 0.5) is 21.8 Å². The monoisotopic (exact) mass is 413 g/mol. The van der Waals surface area contributed by atoms with Gasteiger partial charge in [0.05, 0.1) is 6.20 Å². The molecule has 3 heterocycles. The average Bonchev–Trinajstić information content (AvgIpc) is 3.24. The molecule has 0 aliphatic carbocycles. The van der Waals surface area contributed by atoms with Gasteiger partial charge in [-0.05, 0) is 36.8 Å². The molecule has 1 unspecified atom stereocenters. The molecule has 0 amide bonds. The second kappa shape index (κ2) is 9.07. The fourth-order valence-corrected chi connectivity index (χ4v) is 2.65. The van der Waals surface area contributed by atoms with E-state index < -0.39 is 0 Å². The molecule has 0 aliphatic rings. The van der Waals surface area contributed by atoms with Gasteiger partial charge < -0.3 is 15.2 Å². The van der Waals surface area contributed by atoms with Gasteiger partial charge in [-0.1, -0.05) is 17.3 Å². The van der Waals surface area contributed by atoms with Crippen molar-refractivity contribution < 1.29 is 8.91 Å². The Labute approximate surface area is 172 Å². The van der Waals surface area contributed by atoms with E-state index in [2.05, 4.69) is 35.7 Å². The molecular weight excluding hydrogens is 397 g/mol. The summed E-state index contributed by atoms with van der Waals surface area (Å²) in [5, 5.41) is 10.3. The van der Waals surface area contributed by atoms with Crippen LogP contribution in [0.1, 0.15) is 18.5 Å². The predicted octanol–water partition coefficient (Wildman–Crippen LogP) is 4.40. The topological polar surface area (TPSA) is 102 Å². The van der Waals surface area contributed by atoms with Crippen molar-refractivity contribution in [2.45, 2.75) is 13.0 Å². The highest BCUT2D eigenvalue weighted by Gasteiger charge is 2.12. The number of nitrogens with one attached hydrogen (secondary N) is 2. The van der Waals surface area contributed by atoms with Crippen molar-refractivity contribution in [3.8, 4) is 11.4 Å². The van der Waals surface area contributed by atoms with E-state index in [1.165, 1.54) is 18.5 Å². The van der Waals surface area contributed by atoms with E-state index in [1.807, 2.05) is 13.0 Å². The molecule has 2 N–H and O–H groups in total. The van der Waals surface area contributed by atoms with Gasteiger partial charge in [-0.25, -0.2) is 14.4 Å². The quantitative estimate of drug-likeness (QED) is 0.479. The highest BCUT2D eigenvalue weighted by molar-refractivity contribution is 5.85. The van der Waals surface area contributed by atoms with Gasteiger partial charge in [0.2, 0.25) is 12.2 Å². The molecule has 0 fully saturated rings. The zero-order valence-corrected chi connectivity index (χ0v) is 16.1. The molecule has 29 heavy (non-hydrogen) atoms. The molecular formula is C19H17ClFN7O. The molecule has 0 bridgehead atoms. The van der Waals surface area contributed by atoms with E-state index >= 15 is 0 Å². The minimum Gasteiger partial charge on any atom is -0.363 e. The van der Waals surface area contributed by atoms with Crippen molar-refractivity contribution >= 4 is 29.9 Å². The molecule has 1 atom stereocenters. The fourth-order valence-electron chi connectivity index (χ4n) is 2.65. The molecule has 148 valence electrons.